The molecule has 0 spiro atoms. The zero-order valence-electron chi connectivity index (χ0n) is 25.4. The van der Waals surface area contributed by atoms with Gasteiger partial charge in [0.15, 0.2) is 5.13 Å². The van der Waals surface area contributed by atoms with Crippen molar-refractivity contribution in [3.05, 3.63) is 70.3 Å². The lowest BCUT2D eigenvalue weighted by Gasteiger charge is -2.38. The summed E-state index contributed by atoms with van der Waals surface area (Å²) in [5.41, 5.74) is -0.110. The molecule has 1 saturated carbocycles. The van der Waals surface area contributed by atoms with E-state index in [-0.39, 0.29) is 64.5 Å². The van der Waals surface area contributed by atoms with E-state index in [1.807, 2.05) is 0 Å². The van der Waals surface area contributed by atoms with Gasteiger partial charge in [0.25, 0.3) is 0 Å². The molecule has 3 fully saturated rings. The van der Waals surface area contributed by atoms with E-state index < -0.39 is 24.1 Å². The Balaban J connectivity index is 1.08. The number of para-hydroxylation sites is 1. The molecule has 2 saturated heterocycles. The first kappa shape index (κ1) is 32.4. The Hall–Kier alpha value is -4.11. The van der Waals surface area contributed by atoms with Crippen LogP contribution in [0.15, 0.2) is 52.4 Å². The number of benzene rings is 2. The fourth-order valence-electron chi connectivity index (χ4n) is 6.75. The summed E-state index contributed by atoms with van der Waals surface area (Å²) in [6, 6.07) is 9.20. The van der Waals surface area contributed by atoms with Gasteiger partial charge in [0, 0.05) is 40.1 Å². The maximum Gasteiger partial charge on any atom is 0.573 e. The SMILES string of the molecule is COC(=O)c1ccc(-c2csc(N3C4CCC3CC(OCc3c(-c5ccccc5OC(F)(F)F)noc3C3CC3)C4)n2)c(C(F)(F)F)c1. The Labute approximate surface area is 274 Å². The van der Waals surface area contributed by atoms with E-state index in [0.29, 0.717) is 29.3 Å². The molecule has 3 aliphatic rings. The van der Waals surface area contributed by atoms with Gasteiger partial charge in [0.2, 0.25) is 0 Å². The van der Waals surface area contributed by atoms with Crippen molar-refractivity contribution in [2.24, 2.45) is 0 Å². The summed E-state index contributed by atoms with van der Waals surface area (Å²) in [5, 5.41) is 6.35. The van der Waals surface area contributed by atoms with E-state index in [9.17, 15) is 31.1 Å². The molecule has 254 valence electrons. The van der Waals surface area contributed by atoms with Crippen LogP contribution in [-0.4, -0.2) is 47.8 Å². The van der Waals surface area contributed by atoms with Gasteiger partial charge in [0.05, 0.1) is 36.6 Å². The molecule has 48 heavy (non-hydrogen) atoms. The second-order valence-corrected chi connectivity index (χ2v) is 13.0. The largest absolute Gasteiger partial charge is 0.573 e. The van der Waals surface area contributed by atoms with Crippen molar-refractivity contribution in [1.82, 2.24) is 10.1 Å². The van der Waals surface area contributed by atoms with Crippen molar-refractivity contribution < 1.29 is 49.9 Å². The molecule has 2 aromatic heterocycles. The average molecular weight is 694 g/mol. The highest BCUT2D eigenvalue weighted by Crippen LogP contribution is 2.47. The number of anilines is 1. The Morgan fingerprint density at radius 2 is 1.73 bits per heavy atom. The molecule has 7 rings (SSSR count). The number of alkyl halides is 6. The number of piperidine rings is 1. The van der Waals surface area contributed by atoms with Crippen molar-refractivity contribution in [3.63, 3.8) is 0 Å². The molecule has 2 unspecified atom stereocenters. The van der Waals surface area contributed by atoms with Gasteiger partial charge in [-0.05, 0) is 62.8 Å². The van der Waals surface area contributed by atoms with E-state index in [0.717, 1.165) is 38.9 Å². The number of methoxy groups -OCH3 is 1. The normalized spacial score (nSPS) is 21.1. The minimum absolute atomic E-state index is 0.0438. The van der Waals surface area contributed by atoms with Gasteiger partial charge in [-0.1, -0.05) is 23.4 Å². The first-order chi connectivity index (χ1) is 22.9. The second kappa shape index (κ2) is 12.4. The molecule has 2 aliphatic heterocycles. The van der Waals surface area contributed by atoms with Crippen molar-refractivity contribution >= 4 is 22.4 Å². The number of fused-ring (bicyclic) bond motifs is 2. The average Bonchev–Trinajstić information content (AvgIpc) is 3.51. The number of nitrogens with zero attached hydrogens (tertiary/aromatic N) is 3. The van der Waals surface area contributed by atoms with Crippen LogP contribution < -0.4 is 9.64 Å². The number of hydrogen-bond acceptors (Lipinski definition) is 9. The molecule has 15 heteroatoms. The summed E-state index contributed by atoms with van der Waals surface area (Å²) in [4.78, 5) is 18.7. The summed E-state index contributed by atoms with van der Waals surface area (Å²) in [5.74, 6) is -0.498. The lowest BCUT2D eigenvalue weighted by atomic mass is 9.99. The smallest absolute Gasteiger partial charge is 0.465 e. The maximum atomic E-state index is 14.0. The van der Waals surface area contributed by atoms with E-state index in [2.05, 4.69) is 24.5 Å². The van der Waals surface area contributed by atoms with Crippen LogP contribution in [0.3, 0.4) is 0 Å². The summed E-state index contributed by atoms with van der Waals surface area (Å²) in [6.45, 7) is 0.0955. The number of halogens is 6. The van der Waals surface area contributed by atoms with Crippen molar-refractivity contribution in [2.75, 3.05) is 12.0 Å². The van der Waals surface area contributed by atoms with E-state index in [1.54, 1.807) is 11.4 Å². The highest BCUT2D eigenvalue weighted by Gasteiger charge is 2.44. The first-order valence-electron chi connectivity index (χ1n) is 15.4. The van der Waals surface area contributed by atoms with Crippen LogP contribution in [0.1, 0.15) is 71.7 Å². The lowest BCUT2D eigenvalue weighted by Crippen LogP contribution is -2.45. The molecular formula is C33H29F6N3O5S. The lowest BCUT2D eigenvalue weighted by molar-refractivity contribution is -0.274. The zero-order chi connectivity index (χ0) is 33.8. The van der Waals surface area contributed by atoms with Gasteiger partial charge in [-0.3, -0.25) is 0 Å². The quantitative estimate of drug-likeness (QED) is 0.127. The number of esters is 1. The number of ether oxygens (including phenoxy) is 3. The summed E-state index contributed by atoms with van der Waals surface area (Å²) < 4.78 is 102. The fraction of sp³-hybridized carbons (Fsp3) is 0.424. The van der Waals surface area contributed by atoms with Crippen LogP contribution >= 0.6 is 11.3 Å². The number of aromatic nitrogens is 2. The van der Waals surface area contributed by atoms with Gasteiger partial charge in [-0.25, -0.2) is 9.78 Å². The molecule has 0 N–H and O–H groups in total. The van der Waals surface area contributed by atoms with E-state index in [1.165, 1.54) is 41.7 Å². The monoisotopic (exact) mass is 693 g/mol. The number of hydrogen-bond donors (Lipinski definition) is 0. The summed E-state index contributed by atoms with van der Waals surface area (Å²) in [7, 11) is 1.10. The third-order valence-corrected chi connectivity index (χ3v) is 9.88. The third kappa shape index (κ3) is 6.49. The summed E-state index contributed by atoms with van der Waals surface area (Å²) >= 11 is 1.26. The molecule has 2 aromatic carbocycles. The Morgan fingerprint density at radius 3 is 2.40 bits per heavy atom. The van der Waals surface area contributed by atoms with Crippen LogP contribution in [0, 0.1) is 0 Å². The van der Waals surface area contributed by atoms with Crippen molar-refractivity contribution in [3.8, 4) is 28.3 Å². The topological polar surface area (TPSA) is 86.9 Å². The number of carbonyl (C=O) groups is 1. The molecule has 4 aromatic rings. The standard InChI is InChI=1S/C33H29F6N3O5S/c1-44-30(43)18-8-11-22(25(12-18)32(34,35)36)26-16-48-31(40-26)42-19-9-10-20(42)14-21(13-19)45-15-24-28(41-47-29(24)17-6-7-17)23-4-2-3-5-27(23)46-33(37,38)39/h2-5,8,11-12,16-17,19-21H,6-7,9-10,13-15H2,1H3. The molecule has 2 atom stereocenters. The zero-order valence-corrected chi connectivity index (χ0v) is 26.3. The van der Waals surface area contributed by atoms with Crippen molar-refractivity contribution in [2.45, 2.75) is 81.8 Å². The van der Waals surface area contributed by atoms with E-state index in [4.69, 9.17) is 9.26 Å². The predicted octanol–water partition coefficient (Wildman–Crippen LogP) is 8.76. The van der Waals surface area contributed by atoms with Crippen molar-refractivity contribution in [1.29, 1.82) is 0 Å². The van der Waals surface area contributed by atoms with Gasteiger partial charge < -0.3 is 23.6 Å². The van der Waals surface area contributed by atoms with Crippen LogP contribution in [-0.2, 0) is 22.3 Å². The fourth-order valence-corrected chi connectivity index (χ4v) is 7.71. The third-order valence-electron chi connectivity index (χ3n) is 9.02. The molecule has 0 radical (unpaired) electrons. The minimum Gasteiger partial charge on any atom is -0.465 e. The Bertz CT molecular complexity index is 1800. The molecule has 8 nitrogen and oxygen atoms in total. The van der Waals surface area contributed by atoms with Crippen LogP contribution in [0.25, 0.3) is 22.5 Å². The highest BCUT2D eigenvalue weighted by atomic mass is 32.1. The highest BCUT2D eigenvalue weighted by molar-refractivity contribution is 7.14. The number of thiazole rings is 1. The number of carbonyl (C=O) groups excluding carboxylic acids is 1. The predicted molar refractivity (Wildman–Crippen MR) is 162 cm³/mol. The summed E-state index contributed by atoms with van der Waals surface area (Å²) in [6.07, 6.45) is -4.99. The molecule has 2 bridgehead atoms. The molecule has 0 amide bonds. The molecule has 4 heterocycles. The van der Waals surface area contributed by atoms with Crippen LogP contribution in [0.4, 0.5) is 31.5 Å². The second-order valence-electron chi connectivity index (χ2n) is 12.2. The van der Waals surface area contributed by atoms with Gasteiger partial charge in [-0.15, -0.1) is 24.5 Å². The van der Waals surface area contributed by atoms with E-state index >= 15 is 0 Å². The van der Waals surface area contributed by atoms with Gasteiger partial charge in [-0.2, -0.15) is 13.2 Å². The molecular weight excluding hydrogens is 664 g/mol. The molecule has 1 aliphatic carbocycles. The van der Waals surface area contributed by atoms with Crippen LogP contribution in [0.2, 0.25) is 0 Å². The maximum absolute atomic E-state index is 14.0. The minimum atomic E-state index is -4.88. The van der Waals surface area contributed by atoms with Crippen LogP contribution in [0.5, 0.6) is 5.75 Å². The van der Waals surface area contributed by atoms with Gasteiger partial charge >= 0.3 is 18.5 Å². The van der Waals surface area contributed by atoms with Gasteiger partial charge in [0.1, 0.15) is 17.2 Å². The Kier molecular flexibility index (Phi) is 8.38. The number of rotatable bonds is 9. The first-order valence-corrected chi connectivity index (χ1v) is 16.3. The Morgan fingerprint density at radius 1 is 1.00 bits per heavy atom.